The molecule has 112 valence electrons. The fraction of sp³-hybridized carbons (Fsp3) is 0.417. The zero-order valence-corrected chi connectivity index (χ0v) is 11.5. The minimum atomic E-state index is -4.69. The fourth-order valence-corrected chi connectivity index (χ4v) is 2.27. The van der Waals surface area contributed by atoms with E-state index >= 15 is 0 Å². The average molecular weight is 310 g/mol. The Kier molecular flexibility index (Phi) is 4.31. The van der Waals surface area contributed by atoms with Gasteiger partial charge in [-0.1, -0.05) is 12.1 Å². The predicted molar refractivity (Wildman–Crippen MR) is 65.2 cm³/mol. The van der Waals surface area contributed by atoms with Crippen LogP contribution >= 0.6 is 0 Å². The number of hydrogen-bond acceptors (Lipinski definition) is 4. The second-order valence-corrected chi connectivity index (χ2v) is 6.71. The van der Waals surface area contributed by atoms with Gasteiger partial charge in [-0.2, -0.15) is 13.2 Å². The third-order valence-electron chi connectivity index (χ3n) is 2.58. The minimum absolute atomic E-state index is 0.0653. The number of hydrogen-bond donors (Lipinski definition) is 1. The predicted octanol–water partition coefficient (Wildman–Crippen LogP) is 1.98. The molecular weight excluding hydrogens is 297 g/mol. The van der Waals surface area contributed by atoms with Crippen LogP contribution in [0.15, 0.2) is 29.2 Å². The third kappa shape index (κ3) is 4.31. The molecule has 0 radical (unpaired) electrons. The summed E-state index contributed by atoms with van der Waals surface area (Å²) in [6.45, 7) is 0.771. The van der Waals surface area contributed by atoms with Gasteiger partial charge in [-0.25, -0.2) is 8.42 Å². The monoisotopic (exact) mass is 310 g/mol. The molecule has 4 nitrogen and oxygen atoms in total. The number of alkyl halides is 3. The number of halogens is 3. The first kappa shape index (κ1) is 16.6. The van der Waals surface area contributed by atoms with Gasteiger partial charge in [0.25, 0.3) is 0 Å². The van der Waals surface area contributed by atoms with Crippen molar-refractivity contribution in [1.29, 1.82) is 0 Å². The number of carbonyl (C=O) groups is 1. The Morgan fingerprint density at radius 3 is 2.00 bits per heavy atom. The fourth-order valence-electron chi connectivity index (χ4n) is 1.64. The summed E-state index contributed by atoms with van der Waals surface area (Å²) in [5.74, 6) is -1.12. The Morgan fingerprint density at radius 1 is 1.20 bits per heavy atom. The molecule has 0 spiro atoms. The molecule has 0 amide bonds. The van der Waals surface area contributed by atoms with E-state index in [2.05, 4.69) is 0 Å². The maximum Gasteiger partial charge on any atom is 0.392 e. The van der Waals surface area contributed by atoms with Crippen LogP contribution in [0.5, 0.6) is 0 Å². The summed E-state index contributed by atoms with van der Waals surface area (Å²) >= 11 is 0. The smallest absolute Gasteiger partial charge is 0.382 e. The molecule has 1 rings (SSSR count). The SMILES string of the molecule is C[C@@](O)(CC(F)(F)F)C(=O)c1ccc(S(C)(=O)=O)cc1. The van der Waals surface area contributed by atoms with Crippen LogP contribution in [0.25, 0.3) is 0 Å². The summed E-state index contributed by atoms with van der Waals surface area (Å²) in [7, 11) is -3.46. The lowest BCUT2D eigenvalue weighted by atomic mass is 9.91. The van der Waals surface area contributed by atoms with Crippen molar-refractivity contribution in [3.8, 4) is 0 Å². The average Bonchev–Trinajstić information content (AvgIpc) is 2.24. The van der Waals surface area contributed by atoms with E-state index in [4.69, 9.17) is 0 Å². The second kappa shape index (κ2) is 5.17. The van der Waals surface area contributed by atoms with Crippen molar-refractivity contribution in [2.24, 2.45) is 0 Å². The molecule has 0 aliphatic rings. The van der Waals surface area contributed by atoms with E-state index in [9.17, 15) is 31.5 Å². The van der Waals surface area contributed by atoms with Crippen molar-refractivity contribution >= 4 is 15.6 Å². The summed E-state index contributed by atoms with van der Waals surface area (Å²) in [5, 5.41) is 9.61. The molecule has 0 heterocycles. The Hall–Kier alpha value is -1.41. The first-order valence-corrected chi connectivity index (χ1v) is 7.36. The van der Waals surface area contributed by atoms with Gasteiger partial charge in [-0.15, -0.1) is 0 Å². The van der Waals surface area contributed by atoms with Gasteiger partial charge in [-0.05, 0) is 19.1 Å². The van der Waals surface area contributed by atoms with Crippen molar-refractivity contribution in [3.05, 3.63) is 29.8 Å². The minimum Gasteiger partial charge on any atom is -0.382 e. The van der Waals surface area contributed by atoms with Crippen molar-refractivity contribution in [2.45, 2.75) is 30.0 Å². The quantitative estimate of drug-likeness (QED) is 0.863. The van der Waals surface area contributed by atoms with E-state index in [1.165, 1.54) is 0 Å². The highest BCUT2D eigenvalue weighted by Gasteiger charge is 2.43. The maximum atomic E-state index is 12.3. The number of benzene rings is 1. The van der Waals surface area contributed by atoms with Crippen LogP contribution in [0.1, 0.15) is 23.7 Å². The summed E-state index contributed by atoms with van der Waals surface area (Å²) in [6, 6.07) is 4.35. The van der Waals surface area contributed by atoms with E-state index in [0.717, 1.165) is 37.4 Å². The third-order valence-corrected chi connectivity index (χ3v) is 3.71. The van der Waals surface area contributed by atoms with Crippen molar-refractivity contribution in [3.63, 3.8) is 0 Å². The molecule has 0 saturated heterocycles. The number of rotatable bonds is 4. The van der Waals surface area contributed by atoms with Gasteiger partial charge in [0.05, 0.1) is 11.3 Å². The van der Waals surface area contributed by atoms with E-state index in [0.29, 0.717) is 0 Å². The first-order valence-electron chi connectivity index (χ1n) is 5.47. The van der Waals surface area contributed by atoms with Gasteiger partial charge >= 0.3 is 6.18 Å². The molecule has 0 unspecified atom stereocenters. The molecule has 8 heteroatoms. The number of ketones is 1. The number of aliphatic hydroxyl groups is 1. The highest BCUT2D eigenvalue weighted by atomic mass is 32.2. The lowest BCUT2D eigenvalue weighted by Gasteiger charge is -2.23. The van der Waals surface area contributed by atoms with E-state index in [1.807, 2.05) is 0 Å². The maximum absolute atomic E-state index is 12.3. The van der Waals surface area contributed by atoms with Crippen molar-refractivity contribution < 1.29 is 31.5 Å². The zero-order chi connectivity index (χ0) is 15.8. The van der Waals surface area contributed by atoms with E-state index in [-0.39, 0.29) is 10.5 Å². The van der Waals surface area contributed by atoms with E-state index in [1.54, 1.807) is 0 Å². The lowest BCUT2D eigenvalue weighted by molar-refractivity contribution is -0.163. The molecule has 0 bridgehead atoms. The van der Waals surface area contributed by atoms with E-state index < -0.39 is 33.8 Å². The number of sulfone groups is 1. The number of carbonyl (C=O) groups excluding carboxylic acids is 1. The molecule has 0 fully saturated rings. The summed E-state index contributed by atoms with van der Waals surface area (Å²) < 4.78 is 59.2. The molecule has 1 aromatic rings. The molecule has 0 aliphatic carbocycles. The van der Waals surface area contributed by atoms with Gasteiger partial charge in [0, 0.05) is 11.8 Å². The van der Waals surface area contributed by atoms with Gasteiger partial charge in [0.2, 0.25) is 0 Å². The normalized spacial score (nSPS) is 15.7. The van der Waals surface area contributed by atoms with Gasteiger partial charge < -0.3 is 5.11 Å². The molecular formula is C12H13F3O4S. The molecule has 0 aromatic heterocycles. The Bertz CT molecular complexity index is 601. The molecule has 1 aromatic carbocycles. The molecule has 1 atom stereocenters. The van der Waals surface area contributed by atoms with Crippen LogP contribution in [-0.4, -0.2) is 37.3 Å². The molecule has 1 N–H and O–H groups in total. The topological polar surface area (TPSA) is 71.4 Å². The van der Waals surface area contributed by atoms with Crippen LogP contribution in [0.3, 0.4) is 0 Å². The number of Topliss-reactive ketones (excluding diaryl/α,β-unsaturated/α-hetero) is 1. The standard InChI is InChI=1S/C12H13F3O4S/c1-11(17,7-12(13,14)15)10(16)8-3-5-9(6-4-8)20(2,18)19/h3-6,17H,7H2,1-2H3/t11-/m1/s1. The van der Waals surface area contributed by atoms with Crippen LogP contribution in [0.4, 0.5) is 13.2 Å². The van der Waals surface area contributed by atoms with Crippen molar-refractivity contribution in [1.82, 2.24) is 0 Å². The molecule has 0 aliphatic heterocycles. The molecule has 0 saturated carbocycles. The zero-order valence-electron chi connectivity index (χ0n) is 10.7. The van der Waals surface area contributed by atoms with Gasteiger partial charge in [0.15, 0.2) is 15.6 Å². The molecule has 20 heavy (non-hydrogen) atoms. The van der Waals surface area contributed by atoms with Crippen LogP contribution < -0.4 is 0 Å². The Labute approximate surface area is 114 Å². The van der Waals surface area contributed by atoms with Crippen LogP contribution in [-0.2, 0) is 9.84 Å². The summed E-state index contributed by atoms with van der Waals surface area (Å²) in [5.41, 5.74) is -2.78. The Balaban J connectivity index is 3.04. The summed E-state index contributed by atoms with van der Waals surface area (Å²) in [6.07, 6.45) is -5.40. The lowest BCUT2D eigenvalue weighted by Crippen LogP contribution is -2.39. The van der Waals surface area contributed by atoms with Crippen LogP contribution in [0.2, 0.25) is 0 Å². The Morgan fingerprint density at radius 2 is 1.65 bits per heavy atom. The van der Waals surface area contributed by atoms with Gasteiger partial charge in [0.1, 0.15) is 5.60 Å². The van der Waals surface area contributed by atoms with Crippen molar-refractivity contribution in [2.75, 3.05) is 6.26 Å². The summed E-state index contributed by atoms with van der Waals surface area (Å²) in [4.78, 5) is 11.7. The van der Waals surface area contributed by atoms with Gasteiger partial charge in [-0.3, -0.25) is 4.79 Å². The largest absolute Gasteiger partial charge is 0.392 e. The first-order chi connectivity index (χ1) is 8.83. The second-order valence-electron chi connectivity index (χ2n) is 4.69. The highest BCUT2D eigenvalue weighted by molar-refractivity contribution is 7.90. The van der Waals surface area contributed by atoms with Crippen LogP contribution in [0, 0.1) is 0 Å². The highest BCUT2D eigenvalue weighted by Crippen LogP contribution is 2.29.